The molecule has 7 aromatic carbocycles. The molecule has 0 saturated heterocycles. The average Bonchev–Trinajstić information content (AvgIpc) is 3.92. The Balaban J connectivity index is 1.16. The van der Waals surface area contributed by atoms with Crippen molar-refractivity contribution in [3.05, 3.63) is 213 Å². The lowest BCUT2D eigenvalue weighted by atomic mass is 9.89. The molecule has 268 valence electrons. The summed E-state index contributed by atoms with van der Waals surface area (Å²) in [4.78, 5) is 4.32. The van der Waals surface area contributed by atoms with E-state index in [2.05, 4.69) is 44.7 Å². The zero-order chi connectivity index (χ0) is 47.7. The van der Waals surface area contributed by atoms with Crippen molar-refractivity contribution < 1.29 is 16.4 Å². The standard InChI is InChI=1S/C52H40N4/c1-31-13-21-35(22-14-31)47-49(37-25-17-33(3)18-26-37)55-45-11-7-5-9-39(45)41-30-44-42(29-43(41)51(55)53-47)40-10-6-8-12-46(40)56-50(38-27-19-34(4)20-28-38)48(54-52(44)56)36-23-15-32(2)16-24-36/h5-30,53-54H,1-4H3/i1D3,2D3,3D3,4D3. The minimum atomic E-state index is -2.30. The summed E-state index contributed by atoms with van der Waals surface area (Å²) >= 11 is 0. The van der Waals surface area contributed by atoms with E-state index < -0.39 is 27.4 Å². The van der Waals surface area contributed by atoms with Crippen LogP contribution in [0.4, 0.5) is 11.4 Å². The van der Waals surface area contributed by atoms with Crippen LogP contribution in [0.25, 0.3) is 56.7 Å². The molecular weight excluding hydrogens is 681 g/mol. The maximum absolute atomic E-state index is 8.06. The number of rotatable bonds is 4. The van der Waals surface area contributed by atoms with Crippen LogP contribution in [0.3, 0.4) is 0 Å². The minimum Gasteiger partial charge on any atom is -0.339 e. The van der Waals surface area contributed by atoms with Crippen LogP contribution < -0.4 is 30.9 Å². The van der Waals surface area contributed by atoms with Gasteiger partial charge in [0, 0.05) is 60.3 Å². The van der Waals surface area contributed by atoms with E-state index in [0.29, 0.717) is 11.4 Å². The fourth-order valence-electron chi connectivity index (χ4n) is 8.50. The van der Waals surface area contributed by atoms with E-state index in [1.54, 1.807) is 72.8 Å². The fourth-order valence-corrected chi connectivity index (χ4v) is 8.50. The van der Waals surface area contributed by atoms with Crippen molar-refractivity contribution in [2.24, 2.45) is 0 Å². The van der Waals surface area contributed by atoms with Crippen LogP contribution in [-0.4, -0.2) is 0 Å². The van der Waals surface area contributed by atoms with E-state index in [0.717, 1.165) is 89.4 Å². The molecule has 4 aliphatic heterocycles. The molecule has 0 amide bonds. The molecule has 0 fully saturated rings. The summed E-state index contributed by atoms with van der Waals surface area (Å²) in [6, 6.07) is 47.9. The second-order valence-electron chi connectivity index (χ2n) is 14.4. The topological polar surface area (TPSA) is 30.5 Å². The molecule has 0 unspecified atom stereocenters. The first-order valence-electron chi connectivity index (χ1n) is 24.4. The van der Waals surface area contributed by atoms with Crippen LogP contribution in [0.15, 0.2) is 158 Å². The average molecular weight is 733 g/mol. The highest BCUT2D eigenvalue weighted by molar-refractivity contribution is 6.15. The minimum absolute atomic E-state index is 0.211. The third-order valence-corrected chi connectivity index (χ3v) is 11.1. The van der Waals surface area contributed by atoms with Crippen molar-refractivity contribution in [3.63, 3.8) is 0 Å². The number of hydrogen-bond acceptors (Lipinski definition) is 4. The fraction of sp³-hybridized carbons (Fsp3) is 0.0769. The molecule has 0 radical (unpaired) electrons. The van der Waals surface area contributed by atoms with Gasteiger partial charge >= 0.3 is 0 Å². The first-order valence-corrected chi connectivity index (χ1v) is 18.4. The Hall–Kier alpha value is -7.04. The van der Waals surface area contributed by atoms with E-state index >= 15 is 0 Å². The van der Waals surface area contributed by atoms with E-state index in [1.807, 2.05) is 60.7 Å². The summed E-state index contributed by atoms with van der Waals surface area (Å²) in [6.45, 7) is -9.19. The van der Waals surface area contributed by atoms with Crippen LogP contribution in [0.2, 0.25) is 0 Å². The molecule has 7 aromatic rings. The van der Waals surface area contributed by atoms with Crippen molar-refractivity contribution in [2.45, 2.75) is 27.4 Å². The molecule has 4 aliphatic rings. The molecule has 11 rings (SSSR count). The second-order valence-corrected chi connectivity index (χ2v) is 14.4. The van der Waals surface area contributed by atoms with Crippen molar-refractivity contribution in [1.82, 2.24) is 10.6 Å². The zero-order valence-electron chi connectivity index (χ0n) is 41.9. The summed E-state index contributed by atoms with van der Waals surface area (Å²) in [7, 11) is 0. The lowest BCUT2D eigenvalue weighted by molar-refractivity contribution is 1.15. The van der Waals surface area contributed by atoms with Crippen molar-refractivity contribution in [3.8, 4) is 22.3 Å². The number of nitrogens with zero attached hydrogens (tertiary/aromatic N) is 2. The van der Waals surface area contributed by atoms with Gasteiger partial charge in [-0.2, -0.15) is 0 Å². The Bertz CT molecular complexity index is 3190. The predicted octanol–water partition coefficient (Wildman–Crippen LogP) is 10.3. The molecule has 0 saturated carbocycles. The number of fused-ring (bicyclic) bond motifs is 10. The summed E-state index contributed by atoms with van der Waals surface area (Å²) in [5, 5.41) is 9.33. The summed E-state index contributed by atoms with van der Waals surface area (Å²) < 4.78 is 96.5. The number of benzene rings is 7. The molecule has 4 heterocycles. The number of hydrogen-bond donors (Lipinski definition) is 2. The van der Waals surface area contributed by atoms with E-state index in [-0.39, 0.29) is 22.3 Å². The van der Waals surface area contributed by atoms with Crippen molar-refractivity contribution in [1.29, 1.82) is 0 Å². The van der Waals surface area contributed by atoms with Crippen molar-refractivity contribution >= 4 is 45.8 Å². The number of anilines is 2. The summed E-state index contributed by atoms with van der Waals surface area (Å²) in [5.41, 5.74) is 12.3. The Morgan fingerprint density at radius 1 is 0.375 bits per heavy atom. The van der Waals surface area contributed by atoms with Crippen LogP contribution in [0.1, 0.15) is 61.0 Å². The molecule has 0 bridgehead atoms. The predicted molar refractivity (Wildman–Crippen MR) is 233 cm³/mol. The van der Waals surface area contributed by atoms with E-state index in [4.69, 9.17) is 16.4 Å². The molecular formula is C52H40N4. The molecule has 0 atom stereocenters. The van der Waals surface area contributed by atoms with Gasteiger partial charge in [-0.25, -0.2) is 0 Å². The van der Waals surface area contributed by atoms with Gasteiger partial charge in [0.2, 0.25) is 0 Å². The maximum Gasteiger partial charge on any atom is 0.123 e. The third-order valence-electron chi connectivity index (χ3n) is 11.1. The number of nitrogens with one attached hydrogen (secondary N) is 2. The molecule has 4 heteroatoms. The molecule has 0 aliphatic carbocycles. The van der Waals surface area contributed by atoms with Crippen LogP contribution in [0, 0.1) is 27.4 Å². The molecule has 2 N–H and O–H groups in total. The Labute approximate surface area is 344 Å². The monoisotopic (exact) mass is 732 g/mol. The van der Waals surface area contributed by atoms with Crippen LogP contribution in [0.5, 0.6) is 0 Å². The van der Waals surface area contributed by atoms with Gasteiger partial charge in [0.05, 0.1) is 34.2 Å². The SMILES string of the molecule is [2H]C([2H])([2H])c1ccc(C2=C(c3ccc(C([2H])([2H])[2H])cc3)N3C(=c4cc5c(cc4-c4ccccc43)=C3NC(c4ccc(C([2H])([2H])[2H])cc4)=C(c4ccc(C([2H])([2H])[2H])cc4)N3c3ccccc3-5)N2)cc1. The third kappa shape index (κ3) is 4.85. The lowest BCUT2D eigenvalue weighted by Crippen LogP contribution is -2.37. The van der Waals surface area contributed by atoms with Gasteiger partial charge in [-0.3, -0.25) is 9.80 Å². The van der Waals surface area contributed by atoms with Crippen LogP contribution >= 0.6 is 0 Å². The molecule has 0 aromatic heterocycles. The maximum atomic E-state index is 8.06. The summed E-state index contributed by atoms with van der Waals surface area (Å²) in [6.07, 6.45) is 0. The smallest absolute Gasteiger partial charge is 0.123 e. The first-order chi connectivity index (χ1) is 32.3. The van der Waals surface area contributed by atoms with Gasteiger partial charge in [-0.15, -0.1) is 0 Å². The molecule has 0 spiro atoms. The quantitative estimate of drug-likeness (QED) is 0.189. The number of aryl methyl sites for hydroxylation is 4. The molecule has 4 nitrogen and oxygen atoms in total. The van der Waals surface area contributed by atoms with E-state index in [9.17, 15) is 0 Å². The van der Waals surface area contributed by atoms with Crippen LogP contribution in [-0.2, 0) is 0 Å². The highest BCUT2D eigenvalue weighted by Crippen LogP contribution is 2.49. The highest BCUT2D eigenvalue weighted by atomic mass is 15.3. The Kier molecular flexibility index (Phi) is 4.89. The van der Waals surface area contributed by atoms with Gasteiger partial charge in [0.25, 0.3) is 0 Å². The summed E-state index contributed by atoms with van der Waals surface area (Å²) in [5.74, 6) is 1.53. The van der Waals surface area contributed by atoms with Gasteiger partial charge in [0.1, 0.15) is 11.6 Å². The van der Waals surface area contributed by atoms with E-state index in [1.165, 1.54) is 0 Å². The van der Waals surface area contributed by atoms with Crippen molar-refractivity contribution in [2.75, 3.05) is 9.80 Å². The lowest BCUT2D eigenvalue weighted by Gasteiger charge is -2.33. The van der Waals surface area contributed by atoms with Gasteiger partial charge in [-0.1, -0.05) is 156 Å². The highest BCUT2D eigenvalue weighted by Gasteiger charge is 2.38. The Morgan fingerprint density at radius 2 is 0.714 bits per heavy atom. The largest absolute Gasteiger partial charge is 0.339 e. The van der Waals surface area contributed by atoms with Gasteiger partial charge in [0.15, 0.2) is 0 Å². The first kappa shape index (κ1) is 22.4. The molecule has 56 heavy (non-hydrogen) atoms. The van der Waals surface area contributed by atoms with Gasteiger partial charge < -0.3 is 10.6 Å². The normalized spacial score (nSPS) is 18.9. The number of para-hydroxylation sites is 2. The zero-order valence-corrected chi connectivity index (χ0v) is 29.9. The second kappa shape index (κ2) is 12.2. The Morgan fingerprint density at radius 3 is 1.07 bits per heavy atom. The van der Waals surface area contributed by atoms with Gasteiger partial charge in [-0.05, 0) is 62.8 Å².